The van der Waals surface area contributed by atoms with Gasteiger partial charge in [0, 0.05) is 42.6 Å². The molecule has 1 aliphatic rings. The maximum Gasteiger partial charge on any atom is 0.264 e. The van der Waals surface area contributed by atoms with Crippen molar-refractivity contribution >= 4 is 44.1 Å². The molecule has 0 spiro atoms. The molecule has 0 saturated carbocycles. The van der Waals surface area contributed by atoms with Crippen LogP contribution in [0.25, 0.3) is 22.0 Å². The first-order valence-corrected chi connectivity index (χ1v) is 14.4. The van der Waals surface area contributed by atoms with Crippen molar-refractivity contribution in [2.75, 3.05) is 29.8 Å². The summed E-state index contributed by atoms with van der Waals surface area (Å²) in [4.78, 5) is 36.4. The number of allylic oxidation sites excluding steroid dienone is 1. The first-order chi connectivity index (χ1) is 21.2. The third-order valence-electron chi connectivity index (χ3n) is 6.73. The molecule has 4 aromatic rings. The Kier molecular flexibility index (Phi) is 7.63. The SMILES string of the molecule is [2H]c1nc(N2CC(C)(NC(=O)/C=C/C(C)=O)C2)c2c(F)c(-c3cnc(OC)c(NS(=O)(=O)c4ccc(F)cc4F)c3)ccc2n1. The number of rotatable bonds is 9. The molecule has 1 saturated heterocycles. The van der Waals surface area contributed by atoms with Crippen LogP contribution in [0.15, 0.2) is 65.9 Å². The van der Waals surface area contributed by atoms with E-state index in [0.717, 1.165) is 24.3 Å². The standard InChI is InChI=1S/C29H25F3N6O5S/c1-16(39)4-9-24(40)36-29(2)13-38(14-29)27-25-21(34-15-35-27)7-6-19(26(25)32)17-10-22(28(43-3)33-12-17)37-44(41,42)23-8-5-18(30)11-20(23)31/h4-12,15,37H,13-14H2,1-3H3,(H,36,40)/b9-4+/i15D. The number of carbonyl (C=O) groups is 2. The van der Waals surface area contributed by atoms with Crippen molar-refractivity contribution in [1.29, 1.82) is 0 Å². The quantitative estimate of drug-likeness (QED) is 0.265. The summed E-state index contributed by atoms with van der Waals surface area (Å²) in [7, 11) is -3.37. The van der Waals surface area contributed by atoms with Crippen molar-refractivity contribution in [3.63, 3.8) is 0 Å². The Morgan fingerprint density at radius 2 is 1.84 bits per heavy atom. The molecule has 2 aromatic carbocycles. The largest absolute Gasteiger partial charge is 0.480 e. The summed E-state index contributed by atoms with van der Waals surface area (Å²) in [6.45, 7) is 3.49. The Morgan fingerprint density at radius 1 is 1.09 bits per heavy atom. The van der Waals surface area contributed by atoms with Gasteiger partial charge in [-0.05, 0) is 50.3 Å². The summed E-state index contributed by atoms with van der Waals surface area (Å²) < 4.78 is 85.2. The number of pyridine rings is 1. The topological polar surface area (TPSA) is 143 Å². The molecule has 5 rings (SSSR count). The van der Waals surface area contributed by atoms with Crippen LogP contribution in [-0.2, 0) is 19.6 Å². The molecule has 0 bridgehead atoms. The molecule has 228 valence electrons. The molecule has 1 fully saturated rings. The van der Waals surface area contributed by atoms with Gasteiger partial charge in [-0.15, -0.1) is 0 Å². The highest BCUT2D eigenvalue weighted by molar-refractivity contribution is 7.92. The van der Waals surface area contributed by atoms with E-state index in [2.05, 4.69) is 25.0 Å². The van der Waals surface area contributed by atoms with E-state index in [4.69, 9.17) is 6.11 Å². The molecule has 2 N–H and O–H groups in total. The molecular formula is C29H25F3N6O5S. The number of hydrogen-bond donors (Lipinski definition) is 2. The van der Waals surface area contributed by atoms with Crippen molar-refractivity contribution in [1.82, 2.24) is 20.3 Å². The van der Waals surface area contributed by atoms with E-state index in [1.807, 2.05) is 0 Å². The Balaban J connectivity index is 1.50. The summed E-state index contributed by atoms with van der Waals surface area (Å²) in [6.07, 6.45) is 3.14. The number of aromatic nitrogens is 3. The maximum absolute atomic E-state index is 16.3. The molecular weight excluding hydrogens is 601 g/mol. The first-order valence-electron chi connectivity index (χ1n) is 13.4. The highest BCUT2D eigenvalue weighted by Gasteiger charge is 2.41. The fourth-order valence-electron chi connectivity index (χ4n) is 4.79. The van der Waals surface area contributed by atoms with Gasteiger partial charge < -0.3 is 15.0 Å². The third kappa shape index (κ3) is 6.04. The van der Waals surface area contributed by atoms with E-state index in [1.54, 1.807) is 11.8 Å². The van der Waals surface area contributed by atoms with E-state index >= 15 is 4.39 Å². The minimum absolute atomic E-state index is 0.0281. The number of carbonyl (C=O) groups excluding carboxylic acids is 2. The molecule has 3 heterocycles. The van der Waals surface area contributed by atoms with E-state index in [0.29, 0.717) is 6.07 Å². The summed E-state index contributed by atoms with van der Waals surface area (Å²) in [5.41, 5.74) is -0.778. The minimum Gasteiger partial charge on any atom is -0.480 e. The molecule has 0 radical (unpaired) electrons. The highest BCUT2D eigenvalue weighted by Crippen LogP contribution is 2.38. The minimum atomic E-state index is -4.59. The van der Waals surface area contributed by atoms with Gasteiger partial charge in [-0.25, -0.2) is 36.5 Å². The number of amides is 1. The summed E-state index contributed by atoms with van der Waals surface area (Å²) in [6, 6.07) is 6.04. The average molecular weight is 628 g/mol. The summed E-state index contributed by atoms with van der Waals surface area (Å²) in [5.74, 6) is -3.94. The summed E-state index contributed by atoms with van der Waals surface area (Å²) in [5, 5.41) is 2.77. The monoisotopic (exact) mass is 627 g/mol. The van der Waals surface area contributed by atoms with Crippen LogP contribution >= 0.6 is 0 Å². The van der Waals surface area contributed by atoms with Crippen molar-refractivity contribution < 1.29 is 37.3 Å². The average Bonchev–Trinajstić information content (AvgIpc) is 2.94. The molecule has 0 unspecified atom stereocenters. The van der Waals surface area contributed by atoms with Gasteiger partial charge >= 0.3 is 0 Å². The van der Waals surface area contributed by atoms with Crippen LogP contribution in [0.4, 0.5) is 24.7 Å². The second-order valence-corrected chi connectivity index (χ2v) is 11.9. The van der Waals surface area contributed by atoms with Crippen molar-refractivity contribution in [2.24, 2.45) is 0 Å². The van der Waals surface area contributed by atoms with E-state index in [-0.39, 0.29) is 64.6 Å². The van der Waals surface area contributed by atoms with E-state index < -0.39 is 43.8 Å². The van der Waals surface area contributed by atoms with Crippen LogP contribution in [0, 0.1) is 17.5 Å². The number of fused-ring (bicyclic) bond motifs is 1. The van der Waals surface area contributed by atoms with Crippen molar-refractivity contribution in [3.05, 3.63) is 78.5 Å². The van der Waals surface area contributed by atoms with Crippen LogP contribution in [0.1, 0.15) is 15.2 Å². The molecule has 44 heavy (non-hydrogen) atoms. The maximum atomic E-state index is 16.3. The van der Waals surface area contributed by atoms with Crippen molar-refractivity contribution in [2.45, 2.75) is 24.3 Å². The molecule has 15 heteroatoms. The lowest BCUT2D eigenvalue weighted by Crippen LogP contribution is -2.68. The van der Waals surface area contributed by atoms with Crippen LogP contribution in [0.5, 0.6) is 5.88 Å². The molecule has 11 nitrogen and oxygen atoms in total. The zero-order valence-corrected chi connectivity index (χ0v) is 24.3. The van der Waals surface area contributed by atoms with Crippen LogP contribution in [0.2, 0.25) is 0 Å². The van der Waals surface area contributed by atoms with Crippen LogP contribution in [0.3, 0.4) is 0 Å². The Morgan fingerprint density at radius 3 is 2.52 bits per heavy atom. The zero-order valence-electron chi connectivity index (χ0n) is 24.5. The predicted molar refractivity (Wildman–Crippen MR) is 155 cm³/mol. The number of sulfonamides is 1. The van der Waals surface area contributed by atoms with Gasteiger partial charge in [0.25, 0.3) is 10.0 Å². The number of nitrogens with one attached hydrogen (secondary N) is 2. The number of benzene rings is 2. The first kappa shape index (κ1) is 29.0. The van der Waals surface area contributed by atoms with E-state index in [9.17, 15) is 26.8 Å². The van der Waals surface area contributed by atoms with Crippen LogP contribution < -0.4 is 19.7 Å². The number of nitrogens with zero attached hydrogens (tertiary/aromatic N) is 4. The van der Waals surface area contributed by atoms with Gasteiger partial charge in [0.15, 0.2) is 5.78 Å². The van der Waals surface area contributed by atoms with Gasteiger partial charge in [0.1, 0.15) is 41.5 Å². The van der Waals surface area contributed by atoms with Crippen LogP contribution in [-0.4, -0.2) is 60.8 Å². The van der Waals surface area contributed by atoms with Crippen molar-refractivity contribution in [3.8, 4) is 17.0 Å². The molecule has 1 amide bonds. The molecule has 0 aliphatic carbocycles. The number of anilines is 2. The Labute approximate surface area is 251 Å². The van der Waals surface area contributed by atoms with Gasteiger partial charge in [-0.1, -0.05) is 0 Å². The molecule has 2 aromatic heterocycles. The molecule has 0 atom stereocenters. The zero-order chi connectivity index (χ0) is 32.7. The third-order valence-corrected chi connectivity index (χ3v) is 8.13. The highest BCUT2D eigenvalue weighted by atomic mass is 32.2. The lowest BCUT2D eigenvalue weighted by molar-refractivity contribution is -0.119. The Hall–Kier alpha value is -5.05. The fraction of sp³-hybridized carbons (Fsp3) is 0.207. The second kappa shape index (κ2) is 11.6. The van der Waals surface area contributed by atoms with Gasteiger partial charge in [-0.2, -0.15) is 0 Å². The predicted octanol–water partition coefficient (Wildman–Crippen LogP) is 3.76. The Bertz CT molecular complexity index is 2000. The van der Waals surface area contributed by atoms with Gasteiger partial charge in [0.05, 0.1) is 23.6 Å². The second-order valence-electron chi connectivity index (χ2n) is 10.3. The smallest absolute Gasteiger partial charge is 0.264 e. The number of halogens is 3. The molecule has 1 aliphatic heterocycles. The fourth-order valence-corrected chi connectivity index (χ4v) is 5.90. The number of ether oxygens (including phenoxy) is 1. The van der Waals surface area contributed by atoms with Gasteiger partial charge in [-0.3, -0.25) is 14.3 Å². The lowest BCUT2D eigenvalue weighted by Gasteiger charge is -2.49. The number of ketones is 1. The lowest BCUT2D eigenvalue weighted by atomic mass is 9.91. The van der Waals surface area contributed by atoms with Gasteiger partial charge in [0.2, 0.25) is 11.8 Å². The summed E-state index contributed by atoms with van der Waals surface area (Å²) >= 11 is 0. The number of hydrogen-bond acceptors (Lipinski definition) is 9. The van der Waals surface area contributed by atoms with E-state index in [1.165, 1.54) is 38.4 Å². The number of methoxy groups -OCH3 is 1. The normalized spacial score (nSPS) is 14.7.